The Labute approximate surface area is 107 Å². The number of aliphatic hydroxyl groups is 1. The molecule has 0 spiro atoms. The molecule has 19 heavy (non-hydrogen) atoms. The van der Waals surface area contributed by atoms with Crippen LogP contribution in [0.2, 0.25) is 0 Å². The van der Waals surface area contributed by atoms with Crippen LogP contribution in [0.15, 0.2) is 11.0 Å². The summed E-state index contributed by atoms with van der Waals surface area (Å²) < 4.78 is 19.7. The summed E-state index contributed by atoms with van der Waals surface area (Å²) in [6.07, 6.45) is -1.15. The van der Waals surface area contributed by atoms with Crippen LogP contribution in [-0.4, -0.2) is 40.5 Å². The first kappa shape index (κ1) is 13.9. The molecule has 3 atom stereocenters. The molecule has 4 N–H and O–H groups in total. The number of halogens is 1. The van der Waals surface area contributed by atoms with Crippen LogP contribution in [0.5, 0.6) is 0 Å². The smallest absolute Gasteiger partial charge is 0.351 e. The van der Waals surface area contributed by atoms with Gasteiger partial charge in [0.2, 0.25) is 0 Å². The number of nitrogens with two attached hydrogens (primary N) is 1. The van der Waals surface area contributed by atoms with Crippen LogP contribution in [0.25, 0.3) is 0 Å². The van der Waals surface area contributed by atoms with E-state index in [1.54, 1.807) is 7.05 Å². The summed E-state index contributed by atoms with van der Waals surface area (Å²) >= 11 is 0. The number of nitrogens with one attached hydrogen (secondary N) is 1. The predicted octanol–water partition coefficient (Wildman–Crippen LogP) is -1.24. The zero-order valence-electron chi connectivity index (χ0n) is 10.2. The Bertz CT molecular complexity index is 509. The fourth-order valence-corrected chi connectivity index (χ4v) is 1.87. The van der Waals surface area contributed by atoms with E-state index in [2.05, 4.69) is 10.5 Å². The van der Waals surface area contributed by atoms with Gasteiger partial charge in [0.05, 0.1) is 18.9 Å². The lowest BCUT2D eigenvalue weighted by atomic mass is 10.2. The third kappa shape index (κ3) is 2.89. The molecule has 2 rings (SSSR count). The molecule has 1 saturated heterocycles. The molecule has 1 aromatic heterocycles. The molecule has 1 aromatic rings. The number of nitrogen functional groups attached to an aromatic ring is 1. The van der Waals surface area contributed by atoms with Crippen molar-refractivity contribution in [1.82, 2.24) is 15.0 Å². The number of rotatable bonds is 4. The van der Waals surface area contributed by atoms with Crippen LogP contribution in [0.4, 0.5) is 10.2 Å². The Morgan fingerprint density at radius 2 is 2.53 bits per heavy atom. The van der Waals surface area contributed by atoms with Crippen LogP contribution >= 0.6 is 0 Å². The van der Waals surface area contributed by atoms with Crippen LogP contribution < -0.4 is 16.9 Å². The number of anilines is 1. The van der Waals surface area contributed by atoms with Crippen molar-refractivity contribution in [3.05, 3.63) is 22.5 Å². The first-order valence-corrected chi connectivity index (χ1v) is 5.69. The highest BCUT2D eigenvalue weighted by Crippen LogP contribution is 2.27. The molecular formula is C10H15FN4O4. The standard InChI is InChI=1S/C10H15FN4O4/c1-13-18-4-7-6(16)2-8(19-7)15-3-5(11)9(12)14-10(15)17/h3,6-8,13,16H,2,4H2,1H3,(H2,12,14,17)/t6-,7+,8+/m0/s1. The van der Waals surface area contributed by atoms with E-state index in [9.17, 15) is 14.3 Å². The van der Waals surface area contributed by atoms with Gasteiger partial charge in [0.15, 0.2) is 11.6 Å². The maximum absolute atomic E-state index is 13.3. The summed E-state index contributed by atoms with van der Waals surface area (Å²) in [5.74, 6) is -1.28. The molecule has 106 valence electrons. The van der Waals surface area contributed by atoms with E-state index >= 15 is 0 Å². The Kier molecular flexibility index (Phi) is 4.10. The van der Waals surface area contributed by atoms with E-state index < -0.39 is 35.8 Å². The number of hydrogen-bond acceptors (Lipinski definition) is 7. The molecule has 0 aromatic carbocycles. The normalized spacial score (nSPS) is 26.8. The molecule has 0 amide bonds. The van der Waals surface area contributed by atoms with Crippen molar-refractivity contribution >= 4 is 5.82 Å². The van der Waals surface area contributed by atoms with Crippen molar-refractivity contribution in [3.63, 3.8) is 0 Å². The second kappa shape index (κ2) is 5.61. The summed E-state index contributed by atoms with van der Waals surface area (Å²) in [5.41, 5.74) is 6.91. The van der Waals surface area contributed by atoms with Gasteiger partial charge in [-0.2, -0.15) is 4.98 Å². The minimum Gasteiger partial charge on any atom is -0.390 e. The van der Waals surface area contributed by atoms with Crippen molar-refractivity contribution < 1.29 is 19.1 Å². The molecular weight excluding hydrogens is 259 g/mol. The van der Waals surface area contributed by atoms with Crippen molar-refractivity contribution in [2.75, 3.05) is 19.4 Å². The average Bonchev–Trinajstić information content (AvgIpc) is 2.72. The number of aromatic nitrogens is 2. The first-order chi connectivity index (χ1) is 9.02. The molecule has 0 saturated carbocycles. The van der Waals surface area contributed by atoms with Crippen LogP contribution in [0.3, 0.4) is 0 Å². The van der Waals surface area contributed by atoms with Gasteiger partial charge in [0.25, 0.3) is 0 Å². The van der Waals surface area contributed by atoms with Gasteiger partial charge in [0.1, 0.15) is 12.3 Å². The molecule has 0 radical (unpaired) electrons. The maximum Gasteiger partial charge on any atom is 0.351 e. The Morgan fingerprint density at radius 1 is 1.79 bits per heavy atom. The van der Waals surface area contributed by atoms with Gasteiger partial charge in [-0.05, 0) is 0 Å². The molecule has 9 heteroatoms. The van der Waals surface area contributed by atoms with Gasteiger partial charge in [0, 0.05) is 13.5 Å². The van der Waals surface area contributed by atoms with Crippen molar-refractivity contribution in [2.24, 2.45) is 0 Å². The molecule has 1 fully saturated rings. The summed E-state index contributed by atoms with van der Waals surface area (Å²) in [5, 5.41) is 9.78. The largest absolute Gasteiger partial charge is 0.390 e. The van der Waals surface area contributed by atoms with Crippen LogP contribution in [-0.2, 0) is 9.57 Å². The molecule has 1 aliphatic rings. The average molecular weight is 274 g/mol. The molecule has 1 aliphatic heterocycles. The summed E-state index contributed by atoms with van der Waals surface area (Å²) in [4.78, 5) is 19.9. The number of hydrogen-bond donors (Lipinski definition) is 3. The van der Waals surface area contributed by atoms with E-state index in [0.29, 0.717) is 0 Å². The third-order valence-electron chi connectivity index (χ3n) is 2.84. The Hall–Kier alpha value is -1.55. The lowest BCUT2D eigenvalue weighted by Gasteiger charge is -2.15. The molecule has 8 nitrogen and oxygen atoms in total. The van der Waals surface area contributed by atoms with Gasteiger partial charge in [-0.15, -0.1) is 0 Å². The summed E-state index contributed by atoms with van der Waals surface area (Å²) in [6, 6.07) is 0. The third-order valence-corrected chi connectivity index (χ3v) is 2.84. The van der Waals surface area contributed by atoms with Gasteiger partial charge in [-0.3, -0.25) is 9.40 Å². The fourth-order valence-electron chi connectivity index (χ4n) is 1.87. The second-order valence-corrected chi connectivity index (χ2v) is 4.11. The van der Waals surface area contributed by atoms with E-state index in [-0.39, 0.29) is 13.0 Å². The first-order valence-electron chi connectivity index (χ1n) is 5.69. The molecule has 0 bridgehead atoms. The quantitative estimate of drug-likeness (QED) is 0.589. The monoisotopic (exact) mass is 274 g/mol. The van der Waals surface area contributed by atoms with Gasteiger partial charge in [-0.25, -0.2) is 14.7 Å². The Morgan fingerprint density at radius 3 is 3.21 bits per heavy atom. The zero-order valence-corrected chi connectivity index (χ0v) is 10.2. The van der Waals surface area contributed by atoms with E-state index in [0.717, 1.165) is 10.8 Å². The van der Waals surface area contributed by atoms with E-state index in [4.69, 9.17) is 15.3 Å². The fraction of sp³-hybridized carbons (Fsp3) is 0.600. The minimum absolute atomic E-state index is 0.105. The van der Waals surface area contributed by atoms with Crippen molar-refractivity contribution in [2.45, 2.75) is 24.9 Å². The van der Waals surface area contributed by atoms with Gasteiger partial charge < -0.3 is 15.6 Å². The van der Waals surface area contributed by atoms with Gasteiger partial charge in [-0.1, -0.05) is 0 Å². The highest BCUT2D eigenvalue weighted by molar-refractivity contribution is 5.26. The number of nitrogens with zero attached hydrogens (tertiary/aromatic N) is 2. The summed E-state index contributed by atoms with van der Waals surface area (Å²) in [7, 11) is 1.57. The predicted molar refractivity (Wildman–Crippen MR) is 62.4 cm³/mol. The highest BCUT2D eigenvalue weighted by Gasteiger charge is 2.36. The topological polar surface area (TPSA) is 112 Å². The highest BCUT2D eigenvalue weighted by atomic mass is 19.1. The van der Waals surface area contributed by atoms with Crippen molar-refractivity contribution in [1.29, 1.82) is 0 Å². The lowest BCUT2D eigenvalue weighted by molar-refractivity contribution is -0.0817. The molecule has 0 aliphatic carbocycles. The zero-order chi connectivity index (χ0) is 14.0. The number of ether oxygens (including phenoxy) is 1. The second-order valence-electron chi connectivity index (χ2n) is 4.11. The van der Waals surface area contributed by atoms with Gasteiger partial charge >= 0.3 is 5.69 Å². The van der Waals surface area contributed by atoms with Crippen LogP contribution in [0.1, 0.15) is 12.6 Å². The number of aliphatic hydroxyl groups excluding tert-OH is 1. The minimum atomic E-state index is -0.814. The lowest BCUT2D eigenvalue weighted by Crippen LogP contribution is -2.30. The number of hydroxylamine groups is 1. The van der Waals surface area contributed by atoms with E-state index in [1.165, 1.54) is 0 Å². The van der Waals surface area contributed by atoms with Crippen LogP contribution in [0, 0.1) is 5.82 Å². The van der Waals surface area contributed by atoms with E-state index in [1.807, 2.05) is 0 Å². The van der Waals surface area contributed by atoms with Crippen molar-refractivity contribution in [3.8, 4) is 0 Å². The SMILES string of the molecule is CNOC[C@H]1O[C@@H](n2cc(F)c(N)nc2=O)C[C@@H]1O. The molecule has 0 unspecified atom stereocenters. The summed E-state index contributed by atoms with van der Waals surface area (Å²) in [6.45, 7) is 0.105. The Balaban J connectivity index is 2.16. The maximum atomic E-state index is 13.3. The molecule has 2 heterocycles.